The predicted octanol–water partition coefficient (Wildman–Crippen LogP) is 18.2. The summed E-state index contributed by atoms with van der Waals surface area (Å²) >= 11 is 2.30. The Morgan fingerprint density at radius 3 is 1.03 bits per heavy atom. The summed E-state index contributed by atoms with van der Waals surface area (Å²) < 4.78 is 57.5. The fourth-order valence-corrected chi connectivity index (χ4v) is 10.8. The number of aromatic carboxylic acids is 1. The highest BCUT2D eigenvalue weighted by molar-refractivity contribution is 14.1. The van der Waals surface area contributed by atoms with Crippen molar-refractivity contribution in [2.75, 3.05) is 39.6 Å². The Balaban J connectivity index is 0.000000217. The van der Waals surface area contributed by atoms with Crippen LogP contribution in [0.5, 0.6) is 0 Å². The van der Waals surface area contributed by atoms with Crippen molar-refractivity contribution in [3.8, 4) is 34.4 Å². The Labute approximate surface area is 597 Å². The standard InChI is InChI=1S/C28H35NO5.C24H27NO5.C16H24O4.C12H12INO/c1-19-10-7-12-22(16-19)26-29-24(21(3)33-26)18-32-15-9-14-31-17-23-13-8-11-20(2)25(23)27(30)34-28(4,5)6;1-16-7-4-9-19(13-16)23-25-21(18(3)30-23)15-29-12-6-11-28-14-20-10-5-8-17(2)22(20)24(26)27;1-12-7-5-8-13(11-19-10-6-9-17)14(12)15(18)20-16(2,3)4;1-8-4-3-5-10(6-8)12-14-11(7-13)9(2)15-12/h7-8,10-13,16H,9,14-15,17-18H2,1-6H3;4-5,7-10,13H,6,11-12,14-15H2,1-3H3,(H,26,27);5,7-8,17H,6,9-11H2,1-4H3;3-6H,7H2,1-2H3. The molecule has 0 spiro atoms. The average molecular weight is 1470 g/mol. The Morgan fingerprint density at radius 1 is 0.414 bits per heavy atom. The van der Waals surface area contributed by atoms with E-state index in [-0.39, 0.29) is 25.2 Å². The third kappa shape index (κ3) is 26.5. The maximum absolute atomic E-state index is 12.6. The zero-order valence-electron chi connectivity index (χ0n) is 60.2. The fraction of sp³-hybridized carbons (Fsp3) is 0.400. The van der Waals surface area contributed by atoms with Gasteiger partial charge in [-0.05, 0) is 193 Å². The van der Waals surface area contributed by atoms with E-state index in [1.165, 1.54) is 5.56 Å². The monoisotopic (exact) mass is 1470 g/mol. The summed E-state index contributed by atoms with van der Waals surface area (Å²) in [4.78, 5) is 49.9. The van der Waals surface area contributed by atoms with Crippen LogP contribution in [0, 0.1) is 62.3 Å². The summed E-state index contributed by atoms with van der Waals surface area (Å²) in [5, 5.41) is 18.1. The van der Waals surface area contributed by atoms with Gasteiger partial charge in [0.2, 0.25) is 17.7 Å². The summed E-state index contributed by atoms with van der Waals surface area (Å²) in [6.45, 7) is 33.0. The molecule has 3 heterocycles. The van der Waals surface area contributed by atoms with E-state index in [0.717, 1.165) is 107 Å². The quantitative estimate of drug-likeness (QED) is 0.0201. The number of benzene rings is 6. The lowest BCUT2D eigenvalue weighted by atomic mass is 10.0. The zero-order chi connectivity index (χ0) is 72.2. The molecule has 0 aliphatic heterocycles. The molecular weight excluding hydrogens is 1370 g/mol. The topological polar surface area (TPSA) is 234 Å². The molecule has 2 N–H and O–H groups in total. The second-order valence-electron chi connectivity index (χ2n) is 26.0. The van der Waals surface area contributed by atoms with Crippen LogP contribution in [0.1, 0.15) is 176 Å². The molecule has 0 amide bonds. The number of aromatic nitrogens is 3. The van der Waals surface area contributed by atoms with Crippen molar-refractivity contribution in [2.45, 2.75) is 172 Å². The van der Waals surface area contributed by atoms with Gasteiger partial charge in [-0.2, -0.15) is 0 Å². The second-order valence-corrected chi connectivity index (χ2v) is 26.8. The molecule has 9 aromatic rings. The van der Waals surface area contributed by atoms with Crippen LogP contribution in [0.3, 0.4) is 0 Å². The summed E-state index contributed by atoms with van der Waals surface area (Å²) in [7, 11) is 0. The van der Waals surface area contributed by atoms with Crippen molar-refractivity contribution in [1.29, 1.82) is 0 Å². The molecule has 9 rings (SSSR count). The SMILES string of the molecule is Cc1cccc(-c2nc(CI)c(C)o2)c1.Cc1cccc(-c2nc(COCCCOCc3cccc(C)c3C(=O)O)c(C)o2)c1.Cc1cccc(-c2nc(COCCCOCc3cccc(C)c3C(=O)OC(C)(C)C)c(C)o2)c1.Cc1cccc(COCCCO)c1C(=O)OC(C)(C)C. The van der Waals surface area contributed by atoms with Crippen molar-refractivity contribution < 1.29 is 71.0 Å². The van der Waals surface area contributed by atoms with E-state index < -0.39 is 17.2 Å². The van der Waals surface area contributed by atoms with Crippen LogP contribution < -0.4 is 0 Å². The molecule has 18 nitrogen and oxygen atoms in total. The first-order valence-electron chi connectivity index (χ1n) is 33.3. The zero-order valence-corrected chi connectivity index (χ0v) is 62.3. The number of esters is 2. The number of ether oxygens (including phenoxy) is 7. The Morgan fingerprint density at radius 2 is 0.717 bits per heavy atom. The van der Waals surface area contributed by atoms with E-state index in [1.54, 1.807) is 19.1 Å². The number of oxazole rings is 3. The lowest BCUT2D eigenvalue weighted by Gasteiger charge is -2.21. The number of hydrogen-bond acceptors (Lipinski definition) is 17. The molecule has 0 radical (unpaired) electrons. The highest BCUT2D eigenvalue weighted by atomic mass is 127. The minimum absolute atomic E-state index is 0.104. The highest BCUT2D eigenvalue weighted by Gasteiger charge is 2.24. The first kappa shape index (κ1) is 79.8. The van der Waals surface area contributed by atoms with Gasteiger partial charge in [0.1, 0.15) is 39.9 Å². The number of nitrogens with zero attached hydrogens (tertiary/aromatic N) is 3. The minimum Gasteiger partial charge on any atom is -0.478 e. The number of carbonyl (C=O) groups is 3. The molecule has 0 bridgehead atoms. The van der Waals surface area contributed by atoms with Gasteiger partial charge in [0.05, 0.1) is 55.4 Å². The molecule has 19 heteroatoms. The molecule has 0 aliphatic rings. The summed E-state index contributed by atoms with van der Waals surface area (Å²) in [5.41, 5.74) is 14.4. The first-order chi connectivity index (χ1) is 47.1. The molecule has 0 aliphatic carbocycles. The van der Waals surface area contributed by atoms with Gasteiger partial charge in [-0.1, -0.05) is 130 Å². The number of aryl methyl sites for hydroxylation is 9. The summed E-state index contributed by atoms with van der Waals surface area (Å²) in [6, 6.07) is 41.1. The van der Waals surface area contributed by atoms with Crippen molar-refractivity contribution >= 4 is 40.5 Å². The van der Waals surface area contributed by atoms with Gasteiger partial charge in [-0.15, -0.1) is 0 Å². The third-order valence-electron chi connectivity index (χ3n) is 14.9. The molecule has 0 unspecified atom stereocenters. The number of carboxylic acids is 1. The van der Waals surface area contributed by atoms with Crippen LogP contribution in [-0.2, 0) is 70.6 Å². The van der Waals surface area contributed by atoms with E-state index in [4.69, 9.17) is 51.5 Å². The number of carboxylic acid groups (broad SMARTS) is 1. The predicted molar refractivity (Wildman–Crippen MR) is 392 cm³/mol. The molecular formula is C80H98IN3O15. The molecule has 3 aromatic heterocycles. The van der Waals surface area contributed by atoms with E-state index in [2.05, 4.69) is 62.7 Å². The molecule has 0 fully saturated rings. The number of carbonyl (C=O) groups excluding carboxylic acids is 2. The molecule has 0 saturated carbocycles. The van der Waals surface area contributed by atoms with Crippen LogP contribution in [-0.4, -0.2) is 93.9 Å². The number of rotatable bonds is 28. The lowest BCUT2D eigenvalue weighted by Crippen LogP contribution is -2.25. The fourth-order valence-electron chi connectivity index (χ4n) is 10.1. The maximum Gasteiger partial charge on any atom is 0.339 e. The number of halogens is 1. The molecule has 0 atom stereocenters. The smallest absolute Gasteiger partial charge is 0.339 e. The lowest BCUT2D eigenvalue weighted by molar-refractivity contribution is 0.00508. The second kappa shape index (κ2) is 39.6. The number of aliphatic hydroxyl groups excluding tert-OH is 1. The molecule has 6 aromatic carbocycles. The van der Waals surface area contributed by atoms with Crippen molar-refractivity contribution in [1.82, 2.24) is 15.0 Å². The van der Waals surface area contributed by atoms with E-state index >= 15 is 0 Å². The number of alkyl halides is 1. The molecule has 0 saturated heterocycles. The van der Waals surface area contributed by atoms with Gasteiger partial charge in [0, 0.05) is 60.8 Å². The van der Waals surface area contributed by atoms with Crippen molar-refractivity contribution in [2.24, 2.45) is 0 Å². The van der Waals surface area contributed by atoms with E-state index in [9.17, 15) is 19.5 Å². The Bertz CT molecular complexity index is 4040. The van der Waals surface area contributed by atoms with Crippen LogP contribution in [0.25, 0.3) is 34.4 Å². The van der Waals surface area contributed by atoms with Gasteiger partial charge in [-0.3, -0.25) is 0 Å². The highest BCUT2D eigenvalue weighted by Crippen LogP contribution is 2.28. The maximum atomic E-state index is 12.6. The van der Waals surface area contributed by atoms with Crippen LogP contribution in [0.2, 0.25) is 0 Å². The van der Waals surface area contributed by atoms with E-state index in [1.807, 2.05) is 187 Å². The van der Waals surface area contributed by atoms with Crippen molar-refractivity contribution in [3.63, 3.8) is 0 Å². The van der Waals surface area contributed by atoms with E-state index in [0.29, 0.717) is 106 Å². The molecule has 99 heavy (non-hydrogen) atoms. The van der Waals surface area contributed by atoms with Gasteiger partial charge in [0.15, 0.2) is 0 Å². The summed E-state index contributed by atoms with van der Waals surface area (Å²) in [5.74, 6) is 2.81. The number of hydrogen-bond donors (Lipinski definition) is 2. The van der Waals surface area contributed by atoms with Gasteiger partial charge in [-0.25, -0.2) is 29.3 Å². The third-order valence-corrected chi connectivity index (χ3v) is 15.7. The van der Waals surface area contributed by atoms with Crippen molar-refractivity contribution in [3.05, 3.63) is 229 Å². The van der Waals surface area contributed by atoms with Crippen LogP contribution >= 0.6 is 22.6 Å². The average Bonchev–Trinajstić information content (AvgIpc) is 1.67. The molecule has 530 valence electrons. The van der Waals surface area contributed by atoms with Crippen LogP contribution in [0.15, 0.2) is 141 Å². The van der Waals surface area contributed by atoms with Gasteiger partial charge < -0.3 is 56.6 Å². The largest absolute Gasteiger partial charge is 0.478 e. The first-order valence-corrected chi connectivity index (χ1v) is 34.8. The normalized spacial score (nSPS) is 11.2. The van der Waals surface area contributed by atoms with Gasteiger partial charge in [0.25, 0.3) is 0 Å². The van der Waals surface area contributed by atoms with Crippen LogP contribution in [0.4, 0.5) is 0 Å². The summed E-state index contributed by atoms with van der Waals surface area (Å²) in [6.07, 6.45) is 2.03. The van der Waals surface area contributed by atoms with Gasteiger partial charge >= 0.3 is 17.9 Å². The number of aliphatic hydroxyl groups is 1. The minimum atomic E-state index is -0.928. The Kier molecular flexibility index (Phi) is 31.9. The Hall–Kier alpha value is -8.15.